The van der Waals surface area contributed by atoms with Gasteiger partial charge in [0.05, 0.1) is 0 Å². The van der Waals surface area contributed by atoms with Gasteiger partial charge in [-0.2, -0.15) is 0 Å². The van der Waals surface area contributed by atoms with Crippen LogP contribution in [0.15, 0.2) is 0 Å². The van der Waals surface area contributed by atoms with Crippen LogP contribution in [0.5, 0.6) is 0 Å². The highest BCUT2D eigenvalue weighted by Gasteiger charge is 2.07. The summed E-state index contributed by atoms with van der Waals surface area (Å²) in [6, 6.07) is 0. The second kappa shape index (κ2) is 19.9. The van der Waals surface area contributed by atoms with Crippen molar-refractivity contribution in [3.8, 4) is 0 Å². The van der Waals surface area contributed by atoms with Gasteiger partial charge in [0.15, 0.2) is 0 Å². The van der Waals surface area contributed by atoms with E-state index in [9.17, 15) is 0 Å². The highest BCUT2D eigenvalue weighted by molar-refractivity contribution is 4.61. The summed E-state index contributed by atoms with van der Waals surface area (Å²) in [6.45, 7) is 10.00. The Kier molecular flexibility index (Phi) is 19.8. The standard InChI is InChI=1S/2C7H14.2C6H13N.CH4/c4*1-7-5-3-2-4-6-7;/h2*7H,2-6H2,1H3;2*2-6H2,1H3;1H4. The normalized spacial score (nSPS) is 24.4. The first-order valence-corrected chi connectivity index (χ1v) is 12.9. The molecule has 2 aliphatic heterocycles. The molecule has 176 valence electrons. The van der Waals surface area contributed by atoms with Crippen molar-refractivity contribution in [2.75, 3.05) is 40.3 Å². The molecule has 0 radical (unpaired) electrons. The highest BCUT2D eigenvalue weighted by Crippen LogP contribution is 2.22. The largest absolute Gasteiger partial charge is 0.306 e. The molecule has 29 heavy (non-hydrogen) atoms. The molecule has 0 N–H and O–H groups in total. The van der Waals surface area contributed by atoms with Gasteiger partial charge in [-0.1, -0.05) is 98.3 Å². The van der Waals surface area contributed by atoms with E-state index < -0.39 is 0 Å². The van der Waals surface area contributed by atoms with Crippen molar-refractivity contribution in [1.82, 2.24) is 9.80 Å². The SMILES string of the molecule is C.CC1CCCCC1.CC1CCCCC1.CN1CCCCC1.CN1CCCCC1. The summed E-state index contributed by atoms with van der Waals surface area (Å²) in [4.78, 5) is 4.78. The van der Waals surface area contributed by atoms with Gasteiger partial charge in [-0.15, -0.1) is 0 Å². The van der Waals surface area contributed by atoms with E-state index in [1.807, 2.05) is 0 Å². The molecule has 4 fully saturated rings. The van der Waals surface area contributed by atoms with Crippen molar-refractivity contribution in [3.05, 3.63) is 0 Å². The van der Waals surface area contributed by atoms with E-state index in [1.165, 1.54) is 129 Å². The summed E-state index contributed by atoms with van der Waals surface area (Å²) < 4.78 is 0. The third-order valence-corrected chi connectivity index (χ3v) is 6.95. The molecule has 4 rings (SSSR count). The van der Waals surface area contributed by atoms with Crippen LogP contribution in [-0.4, -0.2) is 50.1 Å². The van der Waals surface area contributed by atoms with Crippen molar-refractivity contribution in [3.63, 3.8) is 0 Å². The fourth-order valence-corrected chi connectivity index (χ4v) is 4.72. The summed E-state index contributed by atoms with van der Waals surface area (Å²) in [7, 11) is 4.39. The maximum atomic E-state index is 2.39. The van der Waals surface area contributed by atoms with Crippen molar-refractivity contribution in [2.45, 2.75) is 124 Å². The lowest BCUT2D eigenvalue weighted by atomic mass is 9.91. The zero-order valence-corrected chi connectivity index (χ0v) is 20.2. The average Bonchev–Trinajstić information content (AvgIpc) is 2.72. The molecule has 0 aromatic rings. The Balaban J connectivity index is 0.000000356. The smallest absolute Gasteiger partial charge is 0.00218 e. The Morgan fingerprint density at radius 2 is 0.655 bits per heavy atom. The first-order chi connectivity index (χ1) is 13.6. The van der Waals surface area contributed by atoms with E-state index in [0.717, 1.165) is 11.8 Å². The van der Waals surface area contributed by atoms with Crippen molar-refractivity contribution >= 4 is 0 Å². The Labute approximate surface area is 186 Å². The first-order valence-electron chi connectivity index (χ1n) is 12.9. The Hall–Kier alpha value is -0.0800. The van der Waals surface area contributed by atoms with Crippen molar-refractivity contribution in [1.29, 1.82) is 0 Å². The van der Waals surface area contributed by atoms with E-state index in [4.69, 9.17) is 0 Å². The van der Waals surface area contributed by atoms with Crippen LogP contribution in [0.3, 0.4) is 0 Å². The monoisotopic (exact) mass is 410 g/mol. The number of hydrogen-bond donors (Lipinski definition) is 0. The van der Waals surface area contributed by atoms with Crippen LogP contribution in [0, 0.1) is 11.8 Å². The van der Waals surface area contributed by atoms with E-state index in [2.05, 4.69) is 37.7 Å². The molecular formula is C27H58N2. The van der Waals surface area contributed by atoms with Gasteiger partial charge >= 0.3 is 0 Å². The molecule has 0 amide bonds. The van der Waals surface area contributed by atoms with E-state index in [1.54, 1.807) is 0 Å². The maximum Gasteiger partial charge on any atom is -0.00218 e. The van der Waals surface area contributed by atoms with Gasteiger partial charge in [0.1, 0.15) is 0 Å². The molecule has 2 saturated carbocycles. The minimum atomic E-state index is 0. The number of hydrogen-bond acceptors (Lipinski definition) is 2. The summed E-state index contributed by atoms with van der Waals surface area (Å²) in [5.74, 6) is 2.07. The predicted octanol–water partition coefficient (Wildman–Crippen LogP) is 8.01. The van der Waals surface area contributed by atoms with Crippen LogP contribution < -0.4 is 0 Å². The first kappa shape index (κ1) is 28.9. The fourth-order valence-electron chi connectivity index (χ4n) is 4.72. The van der Waals surface area contributed by atoms with E-state index >= 15 is 0 Å². The molecule has 4 aliphatic rings. The van der Waals surface area contributed by atoms with Crippen molar-refractivity contribution in [2.24, 2.45) is 11.8 Å². The molecule has 0 spiro atoms. The quantitative estimate of drug-likeness (QED) is 0.399. The van der Waals surface area contributed by atoms with Gasteiger partial charge in [-0.3, -0.25) is 0 Å². The molecule has 0 unspecified atom stereocenters. The molecule has 2 heteroatoms. The minimum Gasteiger partial charge on any atom is -0.306 e. The zero-order chi connectivity index (χ0) is 20.5. The van der Waals surface area contributed by atoms with Gasteiger partial charge in [0.25, 0.3) is 0 Å². The number of rotatable bonds is 0. The Morgan fingerprint density at radius 3 is 0.793 bits per heavy atom. The van der Waals surface area contributed by atoms with Gasteiger partial charge in [-0.05, 0) is 77.8 Å². The van der Waals surface area contributed by atoms with E-state index in [-0.39, 0.29) is 7.43 Å². The lowest BCUT2D eigenvalue weighted by Gasteiger charge is -2.20. The molecule has 0 atom stereocenters. The lowest BCUT2D eigenvalue weighted by Crippen LogP contribution is -2.24. The van der Waals surface area contributed by atoms with Crippen LogP contribution in [-0.2, 0) is 0 Å². The van der Waals surface area contributed by atoms with Gasteiger partial charge in [-0.25, -0.2) is 0 Å². The average molecular weight is 411 g/mol. The molecule has 0 aromatic heterocycles. The number of nitrogens with zero attached hydrogens (tertiary/aromatic N) is 2. The van der Waals surface area contributed by atoms with Gasteiger partial charge < -0.3 is 9.80 Å². The van der Waals surface area contributed by atoms with Crippen LogP contribution in [0.2, 0.25) is 0 Å². The van der Waals surface area contributed by atoms with Crippen molar-refractivity contribution < 1.29 is 0 Å². The summed E-state index contributed by atoms with van der Waals surface area (Å²) in [5, 5.41) is 0. The fraction of sp³-hybridized carbons (Fsp3) is 1.00. The summed E-state index contributed by atoms with van der Waals surface area (Å²) in [5.41, 5.74) is 0. The molecule has 2 nitrogen and oxygen atoms in total. The summed E-state index contributed by atoms with van der Waals surface area (Å²) in [6.07, 6.45) is 23.4. The van der Waals surface area contributed by atoms with E-state index in [0.29, 0.717) is 0 Å². The Bertz CT molecular complexity index is 242. The van der Waals surface area contributed by atoms with Crippen LogP contribution in [0.25, 0.3) is 0 Å². The Morgan fingerprint density at radius 1 is 0.414 bits per heavy atom. The minimum absolute atomic E-state index is 0. The highest BCUT2D eigenvalue weighted by atomic mass is 15.1. The second-order valence-electron chi connectivity index (χ2n) is 10.2. The van der Waals surface area contributed by atoms with Gasteiger partial charge in [0.2, 0.25) is 0 Å². The van der Waals surface area contributed by atoms with Crippen LogP contribution >= 0.6 is 0 Å². The van der Waals surface area contributed by atoms with Crippen LogP contribution in [0.4, 0.5) is 0 Å². The topological polar surface area (TPSA) is 6.48 Å². The zero-order valence-electron chi connectivity index (χ0n) is 20.2. The summed E-state index contributed by atoms with van der Waals surface area (Å²) >= 11 is 0. The second-order valence-corrected chi connectivity index (χ2v) is 10.2. The molecular weight excluding hydrogens is 352 g/mol. The predicted molar refractivity (Wildman–Crippen MR) is 134 cm³/mol. The third kappa shape index (κ3) is 18.4. The number of piperidine rings is 2. The molecule has 0 aromatic carbocycles. The van der Waals surface area contributed by atoms with Gasteiger partial charge in [0, 0.05) is 0 Å². The third-order valence-electron chi connectivity index (χ3n) is 6.95. The molecule has 2 aliphatic carbocycles. The number of likely N-dealkylation sites (tertiary alicyclic amines) is 2. The molecule has 2 saturated heterocycles. The van der Waals surface area contributed by atoms with Crippen LogP contribution in [0.1, 0.15) is 124 Å². The maximum absolute atomic E-state index is 2.39. The lowest BCUT2D eigenvalue weighted by molar-refractivity contribution is 0.277. The molecule has 2 heterocycles. The molecule has 0 bridgehead atoms.